The van der Waals surface area contributed by atoms with E-state index in [1.165, 1.54) is 11.3 Å². The van der Waals surface area contributed by atoms with Crippen LogP contribution in [0.5, 0.6) is 0 Å². The fourth-order valence-corrected chi connectivity index (χ4v) is 5.16. The summed E-state index contributed by atoms with van der Waals surface area (Å²) in [5, 5.41) is 11.0. The smallest absolute Gasteiger partial charge is 0.178 e. The minimum atomic E-state index is -3.27. The number of fused-ring (bicyclic) bond motifs is 1. The summed E-state index contributed by atoms with van der Waals surface area (Å²) in [6.45, 7) is 1.98. The molecule has 1 unspecified atom stereocenters. The van der Waals surface area contributed by atoms with Crippen LogP contribution >= 0.6 is 11.3 Å². The zero-order valence-corrected chi connectivity index (χ0v) is 12.1. The number of hydrogen-bond acceptors (Lipinski definition) is 4. The predicted molar refractivity (Wildman–Crippen MR) is 75.2 cm³/mol. The van der Waals surface area contributed by atoms with Gasteiger partial charge >= 0.3 is 0 Å². The third kappa shape index (κ3) is 1.93. The Kier molecular flexibility index (Phi) is 2.81. The van der Waals surface area contributed by atoms with Crippen LogP contribution in [0.2, 0.25) is 0 Å². The van der Waals surface area contributed by atoms with Crippen LogP contribution in [0.15, 0.2) is 41.3 Å². The number of rotatable bonds is 1. The molecule has 1 aliphatic rings. The van der Waals surface area contributed by atoms with Gasteiger partial charge in [-0.25, -0.2) is 8.42 Å². The SMILES string of the molecule is Cc1ccc(C2(O)CCS(=O)(=O)c3ccccc32)s1. The van der Waals surface area contributed by atoms with Gasteiger partial charge in [-0.15, -0.1) is 11.3 Å². The Hall–Kier alpha value is -1.17. The molecular formula is C14H14O3S2. The number of sulfone groups is 1. The van der Waals surface area contributed by atoms with Crippen molar-refractivity contribution < 1.29 is 13.5 Å². The van der Waals surface area contributed by atoms with Crippen molar-refractivity contribution in [3.8, 4) is 0 Å². The summed E-state index contributed by atoms with van der Waals surface area (Å²) in [6, 6.07) is 10.6. The van der Waals surface area contributed by atoms with Crippen molar-refractivity contribution >= 4 is 21.2 Å². The largest absolute Gasteiger partial charge is 0.379 e. The second-order valence-corrected chi connectivity index (χ2v) is 8.20. The lowest BCUT2D eigenvalue weighted by molar-refractivity contribution is 0.0756. The Morgan fingerprint density at radius 3 is 2.63 bits per heavy atom. The van der Waals surface area contributed by atoms with Crippen LogP contribution in [0.1, 0.15) is 21.7 Å². The maximum Gasteiger partial charge on any atom is 0.178 e. The highest BCUT2D eigenvalue weighted by molar-refractivity contribution is 7.91. The third-order valence-corrected chi connectivity index (χ3v) is 6.47. The fourth-order valence-electron chi connectivity index (χ4n) is 2.52. The van der Waals surface area contributed by atoms with Gasteiger partial charge in [-0.1, -0.05) is 18.2 Å². The number of hydrogen-bond donors (Lipinski definition) is 1. The van der Waals surface area contributed by atoms with Gasteiger partial charge in [-0.05, 0) is 31.5 Å². The van der Waals surface area contributed by atoms with Crippen molar-refractivity contribution in [2.75, 3.05) is 5.75 Å². The lowest BCUT2D eigenvalue weighted by atomic mass is 9.89. The molecule has 3 nitrogen and oxygen atoms in total. The zero-order valence-electron chi connectivity index (χ0n) is 10.5. The molecule has 1 aromatic carbocycles. The van der Waals surface area contributed by atoms with Gasteiger partial charge < -0.3 is 5.11 Å². The second kappa shape index (κ2) is 4.16. The minimum Gasteiger partial charge on any atom is -0.379 e. The van der Waals surface area contributed by atoms with Crippen molar-refractivity contribution in [2.45, 2.75) is 23.8 Å². The molecule has 2 heterocycles. The van der Waals surface area contributed by atoms with Crippen molar-refractivity contribution in [1.82, 2.24) is 0 Å². The van der Waals surface area contributed by atoms with E-state index in [0.29, 0.717) is 5.56 Å². The highest BCUT2D eigenvalue weighted by Gasteiger charge is 2.42. The van der Waals surface area contributed by atoms with Crippen LogP contribution in [-0.4, -0.2) is 19.3 Å². The summed E-state index contributed by atoms with van der Waals surface area (Å²) in [5.74, 6) is -0.0164. The first-order chi connectivity index (χ1) is 8.93. The Morgan fingerprint density at radius 1 is 1.21 bits per heavy atom. The van der Waals surface area contributed by atoms with E-state index in [9.17, 15) is 13.5 Å². The summed E-state index contributed by atoms with van der Waals surface area (Å²) < 4.78 is 24.2. The molecule has 0 bridgehead atoms. The second-order valence-electron chi connectivity index (χ2n) is 4.84. The van der Waals surface area contributed by atoms with Crippen molar-refractivity contribution in [2.24, 2.45) is 0 Å². The Labute approximate surface area is 116 Å². The summed E-state index contributed by atoms with van der Waals surface area (Å²) in [6.07, 6.45) is 0.215. The predicted octanol–water partition coefficient (Wildman–Crippen LogP) is 2.47. The van der Waals surface area contributed by atoms with Gasteiger partial charge in [0.1, 0.15) is 5.60 Å². The molecule has 0 amide bonds. The summed E-state index contributed by atoms with van der Waals surface area (Å²) in [5.41, 5.74) is -0.677. The molecule has 3 rings (SSSR count). The van der Waals surface area contributed by atoms with Crippen molar-refractivity contribution in [1.29, 1.82) is 0 Å². The van der Waals surface area contributed by atoms with E-state index in [-0.39, 0.29) is 17.1 Å². The Bertz CT molecular complexity index is 731. The molecule has 19 heavy (non-hydrogen) atoms. The molecule has 0 saturated heterocycles. The quantitative estimate of drug-likeness (QED) is 0.879. The summed E-state index contributed by atoms with van der Waals surface area (Å²) in [7, 11) is -3.27. The molecular weight excluding hydrogens is 280 g/mol. The molecule has 1 N–H and O–H groups in total. The first-order valence-electron chi connectivity index (χ1n) is 6.05. The van der Waals surface area contributed by atoms with Crippen LogP contribution in [0.25, 0.3) is 0 Å². The lowest BCUT2D eigenvalue weighted by Gasteiger charge is -2.33. The van der Waals surface area contributed by atoms with Gasteiger partial charge in [0, 0.05) is 15.3 Å². The van der Waals surface area contributed by atoms with E-state index >= 15 is 0 Å². The molecule has 1 aliphatic heterocycles. The molecule has 0 aliphatic carbocycles. The zero-order chi connectivity index (χ0) is 13.7. The average Bonchev–Trinajstić information content (AvgIpc) is 2.82. The summed E-state index contributed by atoms with van der Waals surface area (Å²) in [4.78, 5) is 2.18. The van der Waals surface area contributed by atoms with Crippen LogP contribution in [0.4, 0.5) is 0 Å². The van der Waals surface area contributed by atoms with E-state index in [2.05, 4.69) is 0 Å². The molecule has 1 aromatic heterocycles. The minimum absolute atomic E-state index is 0.0164. The Morgan fingerprint density at radius 2 is 1.95 bits per heavy atom. The molecule has 0 spiro atoms. The first-order valence-corrected chi connectivity index (χ1v) is 8.52. The number of aryl methyl sites for hydroxylation is 1. The van der Waals surface area contributed by atoms with E-state index < -0.39 is 15.4 Å². The lowest BCUT2D eigenvalue weighted by Crippen LogP contribution is -2.35. The van der Waals surface area contributed by atoms with Crippen LogP contribution in [0.3, 0.4) is 0 Å². The highest BCUT2D eigenvalue weighted by atomic mass is 32.2. The average molecular weight is 294 g/mol. The number of thiophene rings is 1. The van der Waals surface area contributed by atoms with Crippen LogP contribution < -0.4 is 0 Å². The third-order valence-electron chi connectivity index (χ3n) is 3.55. The molecule has 1 atom stereocenters. The van der Waals surface area contributed by atoms with Crippen LogP contribution in [-0.2, 0) is 15.4 Å². The van der Waals surface area contributed by atoms with Gasteiger partial charge in [0.2, 0.25) is 0 Å². The fraction of sp³-hybridized carbons (Fsp3) is 0.286. The molecule has 5 heteroatoms. The highest BCUT2D eigenvalue weighted by Crippen LogP contribution is 2.43. The van der Waals surface area contributed by atoms with Gasteiger partial charge in [-0.2, -0.15) is 0 Å². The van der Waals surface area contributed by atoms with Gasteiger partial charge in [0.25, 0.3) is 0 Å². The topological polar surface area (TPSA) is 54.4 Å². The van der Waals surface area contributed by atoms with Crippen molar-refractivity contribution in [3.63, 3.8) is 0 Å². The molecule has 2 aromatic rings. The first kappa shape index (κ1) is 12.8. The monoisotopic (exact) mass is 294 g/mol. The Balaban J connectivity index is 2.26. The van der Waals surface area contributed by atoms with Gasteiger partial charge in [0.05, 0.1) is 10.6 Å². The number of benzene rings is 1. The maximum absolute atomic E-state index is 12.1. The molecule has 100 valence electrons. The molecule has 0 saturated carbocycles. The van der Waals surface area contributed by atoms with E-state index in [0.717, 1.165) is 9.75 Å². The van der Waals surface area contributed by atoms with E-state index in [4.69, 9.17) is 0 Å². The normalized spacial score (nSPS) is 24.9. The van der Waals surface area contributed by atoms with E-state index in [1.807, 2.05) is 19.1 Å². The molecule has 0 fully saturated rings. The van der Waals surface area contributed by atoms with Crippen LogP contribution in [0, 0.1) is 6.92 Å². The van der Waals surface area contributed by atoms with E-state index in [1.54, 1.807) is 24.3 Å². The molecule has 0 radical (unpaired) electrons. The summed E-state index contributed by atoms with van der Waals surface area (Å²) >= 11 is 1.51. The number of aliphatic hydroxyl groups is 1. The van der Waals surface area contributed by atoms with Crippen molar-refractivity contribution in [3.05, 3.63) is 51.7 Å². The maximum atomic E-state index is 12.1. The van der Waals surface area contributed by atoms with Gasteiger partial charge in [0.15, 0.2) is 9.84 Å². The standard InChI is InChI=1S/C14H14O3S2/c1-10-6-7-13(18-10)14(15)8-9-19(16,17)12-5-3-2-4-11(12)14/h2-7,15H,8-9H2,1H3. The van der Waals surface area contributed by atoms with Gasteiger partial charge in [-0.3, -0.25) is 0 Å².